The van der Waals surface area contributed by atoms with Gasteiger partial charge in [0.25, 0.3) is 0 Å². The molecule has 0 aromatic heterocycles. The van der Waals surface area contributed by atoms with Crippen molar-refractivity contribution in [2.24, 2.45) is 5.92 Å². The van der Waals surface area contributed by atoms with Gasteiger partial charge in [0.1, 0.15) is 5.75 Å². The van der Waals surface area contributed by atoms with E-state index in [-0.39, 0.29) is 23.7 Å². The highest BCUT2D eigenvalue weighted by Gasteiger charge is 2.36. The molecule has 5 nitrogen and oxygen atoms in total. The van der Waals surface area contributed by atoms with E-state index in [1.54, 1.807) is 4.90 Å². The van der Waals surface area contributed by atoms with E-state index in [1.165, 1.54) is 0 Å². The highest BCUT2D eigenvalue weighted by molar-refractivity contribution is 6.04. The lowest BCUT2D eigenvalue weighted by Crippen LogP contribution is -2.29. The number of anilines is 2. The average Bonchev–Trinajstić information content (AvgIpc) is 3.04. The molecular weight excluding hydrogens is 352 g/mol. The summed E-state index contributed by atoms with van der Waals surface area (Å²) < 4.78 is 5.65. The predicted octanol–water partition coefficient (Wildman–Crippen LogP) is 4.37. The maximum atomic E-state index is 12.9. The van der Waals surface area contributed by atoms with Crippen molar-refractivity contribution in [2.45, 2.75) is 39.5 Å². The minimum Gasteiger partial charge on any atom is -0.492 e. The summed E-state index contributed by atoms with van der Waals surface area (Å²) in [4.78, 5) is 27.2. The minimum atomic E-state index is -0.393. The monoisotopic (exact) mass is 380 g/mol. The Bertz CT molecular complexity index is 870. The Morgan fingerprint density at radius 2 is 1.82 bits per heavy atom. The van der Waals surface area contributed by atoms with Crippen molar-refractivity contribution in [2.75, 3.05) is 23.4 Å². The largest absolute Gasteiger partial charge is 0.492 e. The molecule has 0 bridgehead atoms. The van der Waals surface area contributed by atoms with E-state index in [4.69, 9.17) is 4.74 Å². The van der Waals surface area contributed by atoms with Gasteiger partial charge in [-0.1, -0.05) is 51.1 Å². The number of carbonyl (C=O) groups is 2. The molecule has 1 atom stereocenters. The fraction of sp³-hybridized carbons (Fsp3) is 0.391. The van der Waals surface area contributed by atoms with E-state index in [1.807, 2.05) is 55.5 Å². The van der Waals surface area contributed by atoms with Crippen LogP contribution in [0.1, 0.15) is 39.7 Å². The van der Waals surface area contributed by atoms with Gasteiger partial charge in [-0.25, -0.2) is 0 Å². The lowest BCUT2D eigenvalue weighted by molar-refractivity contribution is -0.122. The predicted molar refractivity (Wildman–Crippen MR) is 112 cm³/mol. The number of ether oxygens (including phenoxy) is 1. The van der Waals surface area contributed by atoms with Gasteiger partial charge in [0.05, 0.1) is 18.2 Å². The van der Waals surface area contributed by atoms with Gasteiger partial charge >= 0.3 is 0 Å². The van der Waals surface area contributed by atoms with Gasteiger partial charge in [0.15, 0.2) is 0 Å². The van der Waals surface area contributed by atoms with E-state index in [0.717, 1.165) is 16.9 Å². The molecule has 0 aliphatic carbocycles. The van der Waals surface area contributed by atoms with Crippen LogP contribution in [-0.2, 0) is 15.0 Å². The van der Waals surface area contributed by atoms with Gasteiger partial charge in [0.2, 0.25) is 11.8 Å². The zero-order valence-corrected chi connectivity index (χ0v) is 17.0. The van der Waals surface area contributed by atoms with Gasteiger partial charge in [-0.15, -0.1) is 0 Å². The van der Waals surface area contributed by atoms with Crippen LogP contribution in [0.4, 0.5) is 11.4 Å². The van der Waals surface area contributed by atoms with Crippen molar-refractivity contribution in [1.82, 2.24) is 0 Å². The molecule has 1 aliphatic rings. The molecule has 1 unspecified atom stereocenters. The highest BCUT2D eigenvalue weighted by atomic mass is 16.5. The maximum absolute atomic E-state index is 12.9. The summed E-state index contributed by atoms with van der Waals surface area (Å²) in [6.45, 7) is 9.13. The van der Waals surface area contributed by atoms with E-state index in [0.29, 0.717) is 18.9 Å². The number of nitrogens with one attached hydrogen (secondary N) is 1. The third-order valence-electron chi connectivity index (χ3n) is 4.94. The zero-order chi connectivity index (χ0) is 20.3. The summed E-state index contributed by atoms with van der Waals surface area (Å²) in [5, 5.41) is 3.04. The lowest BCUT2D eigenvalue weighted by Gasteiger charge is -2.24. The summed E-state index contributed by atoms with van der Waals surface area (Å²) in [7, 11) is 0. The molecule has 5 heteroatoms. The quantitative estimate of drug-likeness (QED) is 0.838. The van der Waals surface area contributed by atoms with Crippen molar-refractivity contribution in [3.05, 3.63) is 54.1 Å². The van der Waals surface area contributed by atoms with Crippen LogP contribution < -0.4 is 15.0 Å². The van der Waals surface area contributed by atoms with Gasteiger partial charge < -0.3 is 15.0 Å². The first-order valence-corrected chi connectivity index (χ1v) is 9.74. The van der Waals surface area contributed by atoms with Crippen LogP contribution in [0.3, 0.4) is 0 Å². The molecule has 2 amide bonds. The molecule has 1 heterocycles. The molecule has 1 N–H and O–H groups in total. The Hall–Kier alpha value is -2.82. The number of para-hydroxylation sites is 3. The van der Waals surface area contributed by atoms with Gasteiger partial charge in [-0.05, 0) is 36.1 Å². The van der Waals surface area contributed by atoms with Crippen molar-refractivity contribution in [3.8, 4) is 5.75 Å². The molecule has 148 valence electrons. The first-order valence-electron chi connectivity index (χ1n) is 9.74. The van der Waals surface area contributed by atoms with Crippen LogP contribution in [0.2, 0.25) is 0 Å². The number of nitrogens with zero attached hydrogens (tertiary/aromatic N) is 1. The maximum Gasteiger partial charge on any atom is 0.229 e. The van der Waals surface area contributed by atoms with Crippen LogP contribution in [-0.4, -0.2) is 25.0 Å². The van der Waals surface area contributed by atoms with Crippen molar-refractivity contribution >= 4 is 23.2 Å². The third-order valence-corrected chi connectivity index (χ3v) is 4.94. The standard InChI is InChI=1S/C23H28N2O3/c1-5-28-20-13-9-8-12-19(20)25-15-16(14-21(25)26)22(27)24-18-11-7-6-10-17(18)23(2,3)4/h6-13,16H,5,14-15H2,1-4H3,(H,24,27). The Labute approximate surface area is 166 Å². The fourth-order valence-corrected chi connectivity index (χ4v) is 3.55. The van der Waals surface area contributed by atoms with Gasteiger partial charge in [0, 0.05) is 18.7 Å². The molecular formula is C23H28N2O3. The number of benzene rings is 2. The molecule has 28 heavy (non-hydrogen) atoms. The molecule has 0 saturated carbocycles. The summed E-state index contributed by atoms with van der Waals surface area (Å²) in [5.74, 6) is 0.0885. The Kier molecular flexibility index (Phi) is 5.73. The van der Waals surface area contributed by atoms with Gasteiger partial charge in [-0.2, -0.15) is 0 Å². The Balaban J connectivity index is 1.77. The molecule has 1 fully saturated rings. The van der Waals surface area contributed by atoms with E-state index in [2.05, 4.69) is 26.1 Å². The van der Waals surface area contributed by atoms with Crippen LogP contribution in [0.5, 0.6) is 5.75 Å². The smallest absolute Gasteiger partial charge is 0.229 e. The molecule has 2 aromatic carbocycles. The summed E-state index contributed by atoms with van der Waals surface area (Å²) >= 11 is 0. The zero-order valence-electron chi connectivity index (χ0n) is 17.0. The molecule has 1 saturated heterocycles. The molecule has 0 spiro atoms. The number of amides is 2. The molecule has 0 radical (unpaired) electrons. The normalized spacial score (nSPS) is 16.9. The summed E-state index contributed by atoms with van der Waals surface area (Å²) in [6.07, 6.45) is 0.198. The van der Waals surface area contributed by atoms with E-state index < -0.39 is 5.92 Å². The van der Waals surface area contributed by atoms with Crippen molar-refractivity contribution in [3.63, 3.8) is 0 Å². The van der Waals surface area contributed by atoms with E-state index >= 15 is 0 Å². The SMILES string of the molecule is CCOc1ccccc1N1CC(C(=O)Nc2ccccc2C(C)(C)C)CC1=O. The number of rotatable bonds is 5. The van der Waals surface area contributed by atoms with Crippen molar-refractivity contribution < 1.29 is 14.3 Å². The van der Waals surface area contributed by atoms with Crippen LogP contribution in [0, 0.1) is 5.92 Å². The number of hydrogen-bond donors (Lipinski definition) is 1. The summed E-state index contributed by atoms with van der Waals surface area (Å²) in [5.41, 5.74) is 2.52. The van der Waals surface area contributed by atoms with Crippen LogP contribution in [0.15, 0.2) is 48.5 Å². The fourth-order valence-electron chi connectivity index (χ4n) is 3.55. The van der Waals surface area contributed by atoms with Crippen LogP contribution in [0.25, 0.3) is 0 Å². The molecule has 2 aromatic rings. The lowest BCUT2D eigenvalue weighted by atomic mass is 9.85. The first-order chi connectivity index (χ1) is 13.3. The minimum absolute atomic E-state index is 0.0589. The second kappa shape index (κ2) is 8.05. The third kappa shape index (κ3) is 4.19. The Morgan fingerprint density at radius 3 is 2.54 bits per heavy atom. The average molecular weight is 380 g/mol. The molecule has 1 aliphatic heterocycles. The number of hydrogen-bond acceptors (Lipinski definition) is 3. The summed E-state index contributed by atoms with van der Waals surface area (Å²) in [6, 6.07) is 15.3. The topological polar surface area (TPSA) is 58.6 Å². The first kappa shape index (κ1) is 19.9. The molecule has 3 rings (SSSR count). The van der Waals surface area contributed by atoms with Crippen molar-refractivity contribution in [1.29, 1.82) is 0 Å². The second-order valence-corrected chi connectivity index (χ2v) is 8.09. The highest BCUT2D eigenvalue weighted by Crippen LogP contribution is 2.34. The van der Waals surface area contributed by atoms with E-state index in [9.17, 15) is 9.59 Å². The number of carbonyl (C=O) groups excluding carboxylic acids is 2. The second-order valence-electron chi connectivity index (χ2n) is 8.09. The Morgan fingerprint density at radius 1 is 1.14 bits per heavy atom. The van der Waals surface area contributed by atoms with Crippen LogP contribution >= 0.6 is 0 Å². The van der Waals surface area contributed by atoms with Gasteiger partial charge in [-0.3, -0.25) is 9.59 Å².